The minimum absolute atomic E-state index is 0.105. The molecule has 3 heterocycles. The predicted octanol–water partition coefficient (Wildman–Crippen LogP) is 1.79. The van der Waals surface area contributed by atoms with E-state index in [4.69, 9.17) is 16.3 Å². The third-order valence-electron chi connectivity index (χ3n) is 4.05. The molecule has 24 heavy (non-hydrogen) atoms. The minimum atomic E-state index is -0.371. The molecule has 1 aliphatic heterocycles. The Morgan fingerprint density at radius 2 is 2.17 bits per heavy atom. The maximum Gasteiger partial charge on any atom is 0.298 e. The summed E-state index contributed by atoms with van der Waals surface area (Å²) < 4.78 is 21.7. The number of halogens is 2. The minimum Gasteiger partial charge on any atom is -0.379 e. The Morgan fingerprint density at radius 1 is 1.33 bits per heavy atom. The normalized spacial score (nSPS) is 17.7. The second-order valence-electron chi connectivity index (χ2n) is 5.59. The highest BCUT2D eigenvalue weighted by molar-refractivity contribution is 6.33. The molecule has 1 atom stereocenters. The standard InChI is InChI=1S/C15H13ClFN5O2/c16-14-12-13(15(23)22(20-18-12)10-5-6-24-8-10)19-21(14)7-9-3-1-2-4-11(9)17/h1-4,10H,5-8H2/t10-/m1/s1. The molecule has 1 saturated heterocycles. The predicted molar refractivity (Wildman–Crippen MR) is 84.6 cm³/mol. The van der Waals surface area contributed by atoms with Gasteiger partial charge < -0.3 is 4.74 Å². The van der Waals surface area contributed by atoms with E-state index in [0.717, 1.165) is 0 Å². The first-order chi connectivity index (χ1) is 11.6. The molecule has 9 heteroatoms. The lowest BCUT2D eigenvalue weighted by Crippen LogP contribution is -2.28. The second-order valence-corrected chi connectivity index (χ2v) is 5.95. The van der Waals surface area contributed by atoms with Crippen LogP contribution in [-0.2, 0) is 11.3 Å². The van der Waals surface area contributed by atoms with Gasteiger partial charge in [0.1, 0.15) is 5.82 Å². The van der Waals surface area contributed by atoms with Crippen LogP contribution in [0.2, 0.25) is 5.15 Å². The third kappa shape index (κ3) is 2.47. The number of benzene rings is 1. The highest BCUT2D eigenvalue weighted by Crippen LogP contribution is 2.21. The lowest BCUT2D eigenvalue weighted by atomic mass is 10.2. The molecule has 0 amide bonds. The van der Waals surface area contributed by atoms with Gasteiger partial charge in [-0.3, -0.25) is 4.79 Å². The Kier molecular flexibility index (Phi) is 3.78. The molecule has 0 spiro atoms. The van der Waals surface area contributed by atoms with Crippen molar-refractivity contribution < 1.29 is 9.13 Å². The lowest BCUT2D eigenvalue weighted by molar-refractivity contribution is 0.183. The molecule has 4 rings (SSSR count). The fraction of sp³-hybridized carbons (Fsp3) is 0.333. The van der Waals surface area contributed by atoms with Crippen LogP contribution in [0.4, 0.5) is 4.39 Å². The molecular weight excluding hydrogens is 337 g/mol. The van der Waals surface area contributed by atoms with Crippen LogP contribution in [0.5, 0.6) is 0 Å². The van der Waals surface area contributed by atoms with Crippen molar-refractivity contribution in [3.8, 4) is 0 Å². The zero-order chi connectivity index (χ0) is 16.7. The van der Waals surface area contributed by atoms with Gasteiger partial charge in [0.25, 0.3) is 5.56 Å². The number of nitrogens with zero attached hydrogens (tertiary/aromatic N) is 5. The fourth-order valence-corrected chi connectivity index (χ4v) is 2.98. The Morgan fingerprint density at radius 3 is 2.92 bits per heavy atom. The van der Waals surface area contributed by atoms with E-state index in [0.29, 0.717) is 25.2 Å². The van der Waals surface area contributed by atoms with Crippen LogP contribution in [0.3, 0.4) is 0 Å². The molecule has 7 nitrogen and oxygen atoms in total. The molecule has 3 aromatic rings. The average Bonchev–Trinajstić information content (AvgIpc) is 3.20. The van der Waals surface area contributed by atoms with E-state index in [2.05, 4.69) is 15.4 Å². The monoisotopic (exact) mass is 349 g/mol. The summed E-state index contributed by atoms with van der Waals surface area (Å²) in [6.07, 6.45) is 0.698. The maximum absolute atomic E-state index is 13.8. The van der Waals surface area contributed by atoms with Crippen molar-refractivity contribution in [1.82, 2.24) is 24.8 Å². The molecule has 0 aliphatic carbocycles. The summed E-state index contributed by atoms with van der Waals surface area (Å²) in [7, 11) is 0. The van der Waals surface area contributed by atoms with E-state index in [1.54, 1.807) is 18.2 Å². The smallest absolute Gasteiger partial charge is 0.298 e. The first-order valence-corrected chi connectivity index (χ1v) is 7.85. The van der Waals surface area contributed by atoms with Crippen LogP contribution < -0.4 is 5.56 Å². The molecular formula is C15H13ClFN5O2. The Hall–Kier alpha value is -2.32. The van der Waals surface area contributed by atoms with Gasteiger partial charge in [-0.15, -0.1) is 5.10 Å². The molecule has 0 radical (unpaired) electrons. The van der Waals surface area contributed by atoms with Gasteiger partial charge in [0.2, 0.25) is 0 Å². The van der Waals surface area contributed by atoms with Gasteiger partial charge in [0.05, 0.1) is 19.2 Å². The molecule has 1 aromatic carbocycles. The van der Waals surface area contributed by atoms with E-state index < -0.39 is 0 Å². The third-order valence-corrected chi connectivity index (χ3v) is 4.42. The van der Waals surface area contributed by atoms with E-state index in [1.807, 2.05) is 0 Å². The first kappa shape index (κ1) is 15.2. The van der Waals surface area contributed by atoms with Crippen LogP contribution in [0, 0.1) is 5.82 Å². The van der Waals surface area contributed by atoms with Crippen molar-refractivity contribution in [2.75, 3.05) is 13.2 Å². The Bertz CT molecular complexity index is 964. The van der Waals surface area contributed by atoms with Crippen molar-refractivity contribution in [1.29, 1.82) is 0 Å². The van der Waals surface area contributed by atoms with Gasteiger partial charge >= 0.3 is 0 Å². The van der Waals surface area contributed by atoms with Crippen LogP contribution in [0.15, 0.2) is 29.1 Å². The van der Waals surface area contributed by atoms with Gasteiger partial charge in [-0.1, -0.05) is 35.0 Å². The van der Waals surface area contributed by atoms with Crippen molar-refractivity contribution in [3.63, 3.8) is 0 Å². The van der Waals surface area contributed by atoms with Gasteiger partial charge in [-0.05, 0) is 12.5 Å². The fourth-order valence-electron chi connectivity index (χ4n) is 2.75. The van der Waals surface area contributed by atoms with Crippen molar-refractivity contribution in [3.05, 3.63) is 51.2 Å². The van der Waals surface area contributed by atoms with Crippen molar-refractivity contribution in [2.24, 2.45) is 0 Å². The van der Waals surface area contributed by atoms with Gasteiger partial charge in [0, 0.05) is 12.2 Å². The zero-order valence-electron chi connectivity index (χ0n) is 12.5. The molecule has 1 fully saturated rings. The summed E-state index contributed by atoms with van der Waals surface area (Å²) in [4.78, 5) is 12.6. The molecule has 1 aliphatic rings. The Balaban J connectivity index is 1.78. The maximum atomic E-state index is 13.8. The van der Waals surface area contributed by atoms with E-state index >= 15 is 0 Å². The number of rotatable bonds is 3. The van der Waals surface area contributed by atoms with Gasteiger partial charge in [-0.2, -0.15) is 5.10 Å². The topological polar surface area (TPSA) is 74.8 Å². The molecule has 0 unspecified atom stereocenters. The van der Waals surface area contributed by atoms with E-state index in [-0.39, 0.29) is 40.1 Å². The summed E-state index contributed by atoms with van der Waals surface area (Å²) in [5, 5.41) is 12.4. The number of fused-ring (bicyclic) bond motifs is 1. The summed E-state index contributed by atoms with van der Waals surface area (Å²) in [5.74, 6) is -0.361. The molecule has 0 saturated carbocycles. The van der Waals surface area contributed by atoms with Crippen LogP contribution in [0.25, 0.3) is 11.0 Å². The number of hydrogen-bond acceptors (Lipinski definition) is 5. The zero-order valence-corrected chi connectivity index (χ0v) is 13.3. The summed E-state index contributed by atoms with van der Waals surface area (Å²) in [5.41, 5.74) is 0.390. The van der Waals surface area contributed by atoms with Crippen molar-refractivity contribution >= 4 is 22.6 Å². The number of ether oxygens (including phenoxy) is 1. The number of aromatic nitrogens is 5. The van der Waals surface area contributed by atoms with Gasteiger partial charge in [0.15, 0.2) is 16.2 Å². The molecule has 124 valence electrons. The van der Waals surface area contributed by atoms with Crippen LogP contribution in [-0.4, -0.2) is 38.0 Å². The summed E-state index contributed by atoms with van der Waals surface area (Å²) >= 11 is 6.25. The Labute approximate surface area is 140 Å². The van der Waals surface area contributed by atoms with Crippen molar-refractivity contribution in [2.45, 2.75) is 19.0 Å². The highest BCUT2D eigenvalue weighted by atomic mass is 35.5. The highest BCUT2D eigenvalue weighted by Gasteiger charge is 2.24. The molecule has 2 aromatic heterocycles. The van der Waals surface area contributed by atoms with Crippen LogP contribution in [0.1, 0.15) is 18.0 Å². The SMILES string of the molecule is O=c1c2nn(Cc3ccccc3F)c(Cl)c2nnn1[C@@H]1CCOC1. The number of hydrogen-bond donors (Lipinski definition) is 0. The van der Waals surface area contributed by atoms with E-state index in [9.17, 15) is 9.18 Å². The second kappa shape index (κ2) is 5.95. The summed E-state index contributed by atoms with van der Waals surface area (Å²) in [6, 6.07) is 6.18. The largest absolute Gasteiger partial charge is 0.379 e. The average molecular weight is 350 g/mol. The molecule has 0 bridgehead atoms. The van der Waals surface area contributed by atoms with E-state index in [1.165, 1.54) is 15.4 Å². The summed E-state index contributed by atoms with van der Waals surface area (Å²) in [6.45, 7) is 1.11. The molecule has 0 N–H and O–H groups in total. The quantitative estimate of drug-likeness (QED) is 0.720. The van der Waals surface area contributed by atoms with Crippen LogP contribution >= 0.6 is 11.6 Å². The van der Waals surface area contributed by atoms with Gasteiger partial charge in [-0.25, -0.2) is 13.8 Å². The lowest BCUT2D eigenvalue weighted by Gasteiger charge is -2.07. The first-order valence-electron chi connectivity index (χ1n) is 7.48.